The van der Waals surface area contributed by atoms with Crippen LogP contribution in [-0.2, 0) is 6.42 Å². The molecule has 0 unspecified atom stereocenters. The summed E-state index contributed by atoms with van der Waals surface area (Å²) in [4.78, 5) is 2.94. The van der Waals surface area contributed by atoms with Gasteiger partial charge in [-0.25, -0.2) is 0 Å². The Morgan fingerprint density at radius 1 is 0.348 bits per heavy atom. The van der Waals surface area contributed by atoms with Crippen molar-refractivity contribution in [2.45, 2.75) is 236 Å². The summed E-state index contributed by atoms with van der Waals surface area (Å²) in [6.07, 6.45) is 47.1. The van der Waals surface area contributed by atoms with Gasteiger partial charge >= 0.3 is 0 Å². The fraction of sp³-hybridized carbons (Fsp3) is 0.841. The minimum Gasteiger partial charge on any atom is -0.126 e. The molecule has 0 nitrogen and oxygen atoms in total. The maximum absolute atomic E-state index is 4.18. The van der Waals surface area contributed by atoms with Crippen LogP contribution >= 0.6 is 23.5 Å². The fourth-order valence-electron chi connectivity index (χ4n) is 6.62. The quantitative estimate of drug-likeness (QED) is 0.0509. The lowest BCUT2D eigenvalue weighted by molar-refractivity contribution is 0.531. The van der Waals surface area contributed by atoms with Crippen molar-refractivity contribution >= 4 is 23.5 Å². The third kappa shape index (κ3) is 30.0. The van der Waals surface area contributed by atoms with E-state index < -0.39 is 0 Å². The standard InChI is InChI=1S/C44H81S2/c1-4-7-9-11-13-15-17-19-21-23-25-27-29-31-33-35-37-45-43-39-42(6-3)40-44(41-43)46-38-36-34-32-30-28-26-24-22-20-18-16-14-12-10-8-5-2/h39-41H,3-38H2,1-2H3. The lowest BCUT2D eigenvalue weighted by Gasteiger charge is -2.09. The van der Waals surface area contributed by atoms with Gasteiger partial charge in [-0.2, -0.15) is 0 Å². The van der Waals surface area contributed by atoms with Crippen molar-refractivity contribution in [2.24, 2.45) is 0 Å². The Morgan fingerprint density at radius 2 is 0.587 bits per heavy atom. The van der Waals surface area contributed by atoms with Crippen LogP contribution in [0, 0.1) is 6.92 Å². The topological polar surface area (TPSA) is 0 Å². The summed E-state index contributed by atoms with van der Waals surface area (Å²) in [5.41, 5.74) is 1.41. The van der Waals surface area contributed by atoms with Crippen molar-refractivity contribution in [2.75, 3.05) is 11.5 Å². The Labute approximate surface area is 300 Å². The molecule has 0 aliphatic rings. The van der Waals surface area contributed by atoms with Crippen LogP contribution in [0.2, 0.25) is 0 Å². The van der Waals surface area contributed by atoms with E-state index in [1.54, 1.807) is 0 Å². The van der Waals surface area contributed by atoms with Gasteiger partial charge in [-0.1, -0.05) is 206 Å². The van der Waals surface area contributed by atoms with E-state index in [0.29, 0.717) is 0 Å². The van der Waals surface area contributed by atoms with Gasteiger partial charge in [-0.3, -0.25) is 0 Å². The highest BCUT2D eigenvalue weighted by Gasteiger charge is 2.03. The number of rotatable bonds is 37. The molecular formula is C44H81S2. The van der Waals surface area contributed by atoms with Gasteiger partial charge in [0.15, 0.2) is 0 Å². The zero-order valence-electron chi connectivity index (χ0n) is 31.5. The van der Waals surface area contributed by atoms with Crippen LogP contribution in [0.3, 0.4) is 0 Å². The molecule has 0 bridgehead atoms. The summed E-state index contributed by atoms with van der Waals surface area (Å²) in [5.74, 6) is 2.53. The van der Waals surface area contributed by atoms with Crippen LogP contribution in [0.25, 0.3) is 0 Å². The van der Waals surface area contributed by atoms with E-state index in [9.17, 15) is 0 Å². The minimum atomic E-state index is 0.903. The second-order valence-electron chi connectivity index (χ2n) is 14.4. The molecule has 1 radical (unpaired) electrons. The Morgan fingerprint density at radius 3 is 0.826 bits per heavy atom. The molecule has 1 rings (SSSR count). The first-order valence-corrected chi connectivity index (χ1v) is 23.0. The number of benzene rings is 1. The van der Waals surface area contributed by atoms with Crippen LogP contribution < -0.4 is 0 Å². The average molecular weight is 674 g/mol. The highest BCUT2D eigenvalue weighted by atomic mass is 32.2. The van der Waals surface area contributed by atoms with Crippen LogP contribution in [0.5, 0.6) is 0 Å². The first-order valence-electron chi connectivity index (χ1n) is 21.0. The Balaban J connectivity index is 1.95. The zero-order chi connectivity index (χ0) is 33.0. The number of unbranched alkanes of at least 4 members (excludes halogenated alkanes) is 30. The van der Waals surface area contributed by atoms with Crippen LogP contribution in [0.15, 0.2) is 28.0 Å². The van der Waals surface area contributed by atoms with Gasteiger partial charge < -0.3 is 0 Å². The lowest BCUT2D eigenvalue weighted by atomic mass is 10.0. The molecule has 0 saturated carbocycles. The van der Waals surface area contributed by atoms with E-state index in [1.807, 2.05) is 0 Å². The van der Waals surface area contributed by atoms with Gasteiger partial charge in [-0.05, 0) is 61.5 Å². The minimum absolute atomic E-state index is 0.903. The molecule has 0 spiro atoms. The van der Waals surface area contributed by atoms with Crippen LogP contribution in [0.1, 0.15) is 225 Å². The monoisotopic (exact) mass is 674 g/mol. The summed E-state index contributed by atoms with van der Waals surface area (Å²) in [7, 11) is 0. The van der Waals surface area contributed by atoms with E-state index >= 15 is 0 Å². The van der Waals surface area contributed by atoms with Crippen LogP contribution in [-0.4, -0.2) is 11.5 Å². The number of hydrogen-bond donors (Lipinski definition) is 0. The largest absolute Gasteiger partial charge is 0.126 e. The molecule has 0 aliphatic carbocycles. The Kier molecular flexibility index (Phi) is 34.6. The molecule has 0 N–H and O–H groups in total. The summed E-state index contributed by atoms with van der Waals surface area (Å²) < 4.78 is 0. The molecule has 0 saturated heterocycles. The Bertz CT molecular complexity index is 672. The highest BCUT2D eigenvalue weighted by molar-refractivity contribution is 8.00. The molecule has 46 heavy (non-hydrogen) atoms. The highest BCUT2D eigenvalue weighted by Crippen LogP contribution is 2.29. The summed E-state index contributed by atoms with van der Waals surface area (Å²) in [6.45, 7) is 8.80. The molecule has 0 fully saturated rings. The number of thioether (sulfide) groups is 2. The van der Waals surface area contributed by atoms with Crippen LogP contribution in [0.4, 0.5) is 0 Å². The fourth-order valence-corrected chi connectivity index (χ4v) is 8.75. The Hall–Kier alpha value is -0.0800. The smallest absolute Gasteiger partial charge is 0.00858 e. The summed E-state index contributed by atoms with van der Waals surface area (Å²) >= 11 is 4.15. The third-order valence-electron chi connectivity index (χ3n) is 9.76. The van der Waals surface area contributed by atoms with Crippen molar-refractivity contribution < 1.29 is 0 Å². The molecular weight excluding hydrogens is 593 g/mol. The van der Waals surface area contributed by atoms with Gasteiger partial charge in [0.25, 0.3) is 0 Å². The first-order chi connectivity index (χ1) is 22.8. The van der Waals surface area contributed by atoms with Crippen molar-refractivity contribution in [1.82, 2.24) is 0 Å². The predicted molar refractivity (Wildman–Crippen MR) is 216 cm³/mol. The van der Waals surface area contributed by atoms with Crippen molar-refractivity contribution in [3.63, 3.8) is 0 Å². The first kappa shape index (κ1) is 43.9. The molecule has 0 aromatic heterocycles. The van der Waals surface area contributed by atoms with Gasteiger partial charge in [0, 0.05) is 9.79 Å². The SMILES string of the molecule is [CH2]Cc1cc(SCCCCCCCCCCCCCCCCCC)cc(SCCCCCCCCCCCCCCCCCC)c1. The van der Waals surface area contributed by atoms with E-state index in [1.165, 1.54) is 232 Å². The second-order valence-corrected chi connectivity index (χ2v) is 16.7. The van der Waals surface area contributed by atoms with E-state index in [0.717, 1.165) is 6.42 Å². The molecule has 0 aliphatic heterocycles. The molecule has 2 heteroatoms. The lowest BCUT2D eigenvalue weighted by Crippen LogP contribution is -1.88. The molecule has 0 atom stereocenters. The molecule has 1 aromatic carbocycles. The summed E-state index contributed by atoms with van der Waals surface area (Å²) in [5, 5.41) is 0. The van der Waals surface area contributed by atoms with E-state index in [2.05, 4.69) is 62.5 Å². The van der Waals surface area contributed by atoms with Gasteiger partial charge in [-0.15, -0.1) is 23.5 Å². The normalized spacial score (nSPS) is 11.5. The predicted octanol–water partition coefficient (Wildman–Crippen LogP) is 16.8. The van der Waals surface area contributed by atoms with E-state index in [4.69, 9.17) is 0 Å². The molecule has 1 aromatic rings. The summed E-state index contributed by atoms with van der Waals surface area (Å²) in [6, 6.07) is 7.24. The van der Waals surface area contributed by atoms with Crippen molar-refractivity contribution in [3.8, 4) is 0 Å². The molecule has 0 amide bonds. The second kappa shape index (κ2) is 36.2. The van der Waals surface area contributed by atoms with Gasteiger partial charge in [0.2, 0.25) is 0 Å². The maximum Gasteiger partial charge on any atom is 0.00858 e. The van der Waals surface area contributed by atoms with Gasteiger partial charge in [0.1, 0.15) is 0 Å². The van der Waals surface area contributed by atoms with Gasteiger partial charge in [0.05, 0.1) is 0 Å². The maximum atomic E-state index is 4.18. The molecule has 0 heterocycles. The van der Waals surface area contributed by atoms with E-state index in [-0.39, 0.29) is 0 Å². The third-order valence-corrected chi connectivity index (χ3v) is 11.9. The molecule has 269 valence electrons. The van der Waals surface area contributed by atoms with Crippen molar-refractivity contribution in [3.05, 3.63) is 30.7 Å². The average Bonchev–Trinajstić information content (AvgIpc) is 3.07. The van der Waals surface area contributed by atoms with Crippen molar-refractivity contribution in [1.29, 1.82) is 0 Å². The number of hydrogen-bond acceptors (Lipinski definition) is 2. The zero-order valence-corrected chi connectivity index (χ0v) is 33.1.